The Morgan fingerprint density at radius 3 is 2.43 bits per heavy atom. The third-order valence-corrected chi connectivity index (χ3v) is 5.90. The Hall–Kier alpha value is -2.77. The molecule has 0 radical (unpaired) electrons. The number of fused-ring (bicyclic) bond motifs is 1. The Bertz CT molecular complexity index is 853. The van der Waals surface area contributed by atoms with Gasteiger partial charge < -0.3 is 14.6 Å². The van der Waals surface area contributed by atoms with Crippen LogP contribution >= 0.6 is 0 Å². The SMILES string of the molecule is O=C(O)N(Cc1ccccc1)[N+]1(CNCc2ccc3c(c2)OCCO3)CCCCC1. The molecule has 4 rings (SSSR count). The smallest absolute Gasteiger partial charge is 0.452 e. The summed E-state index contributed by atoms with van der Waals surface area (Å²) < 4.78 is 11.7. The van der Waals surface area contributed by atoms with Crippen molar-refractivity contribution in [1.29, 1.82) is 0 Å². The second-order valence-corrected chi connectivity index (χ2v) is 7.99. The maximum atomic E-state index is 12.3. The third-order valence-electron chi connectivity index (χ3n) is 5.90. The molecule has 1 amide bonds. The van der Waals surface area contributed by atoms with E-state index in [2.05, 4.69) is 5.32 Å². The zero-order valence-corrected chi connectivity index (χ0v) is 17.3. The van der Waals surface area contributed by atoms with Crippen molar-refractivity contribution in [3.8, 4) is 11.5 Å². The first-order chi connectivity index (χ1) is 14.7. The summed E-state index contributed by atoms with van der Waals surface area (Å²) in [6.45, 7) is 4.42. The lowest BCUT2D eigenvalue weighted by molar-refractivity contribution is -1.03. The molecule has 2 heterocycles. The number of hydrogen-bond donors (Lipinski definition) is 2. The highest BCUT2D eigenvalue weighted by atomic mass is 16.6. The van der Waals surface area contributed by atoms with Crippen LogP contribution in [0.3, 0.4) is 0 Å². The molecule has 0 unspecified atom stereocenters. The number of carboxylic acid groups (broad SMARTS) is 1. The normalized spacial score (nSPS) is 17.3. The minimum Gasteiger partial charge on any atom is -0.486 e. The van der Waals surface area contributed by atoms with Crippen LogP contribution < -0.4 is 14.8 Å². The molecule has 0 bridgehead atoms. The molecular weight excluding hydrogens is 382 g/mol. The first-order valence-electron chi connectivity index (χ1n) is 10.7. The zero-order valence-electron chi connectivity index (χ0n) is 17.3. The summed E-state index contributed by atoms with van der Waals surface area (Å²) in [5.41, 5.74) is 2.11. The van der Waals surface area contributed by atoms with Crippen LogP contribution in [0.4, 0.5) is 4.79 Å². The number of nitrogens with zero attached hydrogens (tertiary/aromatic N) is 2. The van der Waals surface area contributed by atoms with Crippen molar-refractivity contribution in [3.05, 3.63) is 59.7 Å². The molecule has 0 atom stereocenters. The molecule has 2 aliphatic heterocycles. The van der Waals surface area contributed by atoms with Gasteiger partial charge in [-0.2, -0.15) is 0 Å². The second-order valence-electron chi connectivity index (χ2n) is 7.99. The number of nitrogens with one attached hydrogen (secondary N) is 1. The van der Waals surface area contributed by atoms with Crippen molar-refractivity contribution >= 4 is 6.09 Å². The second kappa shape index (κ2) is 9.36. The summed E-state index contributed by atoms with van der Waals surface area (Å²) in [5.74, 6) is 1.56. The van der Waals surface area contributed by atoms with Gasteiger partial charge in [0, 0.05) is 6.54 Å². The first kappa shape index (κ1) is 20.5. The molecule has 7 heteroatoms. The van der Waals surface area contributed by atoms with E-state index in [9.17, 15) is 9.90 Å². The van der Waals surface area contributed by atoms with Gasteiger partial charge in [-0.1, -0.05) is 36.4 Å². The van der Waals surface area contributed by atoms with Gasteiger partial charge in [0.15, 0.2) is 18.2 Å². The van der Waals surface area contributed by atoms with Crippen LogP contribution in [0.5, 0.6) is 11.5 Å². The fraction of sp³-hybridized carbons (Fsp3) is 0.435. The van der Waals surface area contributed by atoms with Crippen molar-refractivity contribution < 1.29 is 24.0 Å². The van der Waals surface area contributed by atoms with Gasteiger partial charge >= 0.3 is 6.09 Å². The number of benzene rings is 2. The maximum Gasteiger partial charge on any atom is 0.452 e. The molecule has 30 heavy (non-hydrogen) atoms. The summed E-state index contributed by atoms with van der Waals surface area (Å²) in [7, 11) is 0. The van der Waals surface area contributed by atoms with E-state index in [1.165, 1.54) is 0 Å². The van der Waals surface area contributed by atoms with Crippen LogP contribution in [0.1, 0.15) is 30.4 Å². The highest BCUT2D eigenvalue weighted by molar-refractivity contribution is 5.63. The number of quaternary nitrogens is 1. The molecule has 2 N–H and O–H groups in total. The van der Waals surface area contributed by atoms with Gasteiger partial charge in [0.25, 0.3) is 0 Å². The summed E-state index contributed by atoms with van der Waals surface area (Å²) in [6.07, 6.45) is 2.34. The van der Waals surface area contributed by atoms with Crippen molar-refractivity contribution in [2.45, 2.75) is 32.4 Å². The van der Waals surface area contributed by atoms with Gasteiger partial charge in [0.05, 0.1) is 0 Å². The number of amides is 1. The van der Waals surface area contributed by atoms with E-state index in [0.717, 1.165) is 55.0 Å². The summed E-state index contributed by atoms with van der Waals surface area (Å²) in [5, 5.41) is 15.2. The largest absolute Gasteiger partial charge is 0.486 e. The van der Waals surface area contributed by atoms with Crippen molar-refractivity contribution in [2.75, 3.05) is 33.0 Å². The highest BCUT2D eigenvalue weighted by Gasteiger charge is 2.40. The van der Waals surface area contributed by atoms with Crippen molar-refractivity contribution in [1.82, 2.24) is 10.3 Å². The Morgan fingerprint density at radius 1 is 0.967 bits per heavy atom. The van der Waals surface area contributed by atoms with E-state index < -0.39 is 6.09 Å². The minimum absolute atomic E-state index is 0.391. The van der Waals surface area contributed by atoms with E-state index in [4.69, 9.17) is 9.47 Å². The van der Waals surface area contributed by atoms with Gasteiger partial charge in [-0.05, 0) is 42.5 Å². The topological polar surface area (TPSA) is 71.0 Å². The lowest BCUT2D eigenvalue weighted by atomic mass is 10.1. The Labute approximate surface area is 177 Å². The van der Waals surface area contributed by atoms with Crippen LogP contribution in [0, 0.1) is 0 Å². The van der Waals surface area contributed by atoms with Gasteiger partial charge in [-0.15, -0.1) is 5.01 Å². The minimum atomic E-state index is -0.873. The van der Waals surface area contributed by atoms with E-state index in [1.807, 2.05) is 48.5 Å². The van der Waals surface area contributed by atoms with E-state index in [0.29, 0.717) is 37.6 Å². The Kier molecular flexibility index (Phi) is 6.40. The summed E-state index contributed by atoms with van der Waals surface area (Å²) >= 11 is 0. The summed E-state index contributed by atoms with van der Waals surface area (Å²) in [6, 6.07) is 15.8. The van der Waals surface area contributed by atoms with Gasteiger partial charge in [0.2, 0.25) is 0 Å². The number of ether oxygens (including phenoxy) is 2. The molecule has 0 aliphatic carbocycles. The molecule has 160 valence electrons. The average Bonchev–Trinajstić information content (AvgIpc) is 2.78. The monoisotopic (exact) mass is 412 g/mol. The Balaban J connectivity index is 1.46. The highest BCUT2D eigenvalue weighted by Crippen LogP contribution is 2.31. The molecule has 0 saturated carbocycles. The molecule has 1 fully saturated rings. The van der Waals surface area contributed by atoms with E-state index >= 15 is 0 Å². The number of piperidine rings is 1. The third kappa shape index (κ3) is 4.68. The number of hydrogen-bond acceptors (Lipinski definition) is 4. The first-order valence-corrected chi connectivity index (χ1v) is 10.7. The molecule has 1 saturated heterocycles. The molecule has 2 aromatic rings. The standard InChI is InChI=1S/C23H29N3O4/c27-23(28)25(17-19-7-3-1-4-8-19)26(11-5-2-6-12-26)18-24-16-20-9-10-21-22(15-20)30-14-13-29-21/h1,3-4,7-10,15,24H,2,5-6,11-14,16-18H2/p+1. The number of rotatable bonds is 7. The van der Waals surface area contributed by atoms with E-state index in [1.54, 1.807) is 5.01 Å². The van der Waals surface area contributed by atoms with E-state index in [-0.39, 0.29) is 0 Å². The quantitative estimate of drug-likeness (QED) is 0.680. The molecule has 0 spiro atoms. The average molecular weight is 413 g/mol. The lowest BCUT2D eigenvalue weighted by Crippen LogP contribution is -2.66. The zero-order chi connectivity index (χ0) is 20.8. The summed E-state index contributed by atoms with van der Waals surface area (Å²) in [4.78, 5) is 12.3. The maximum absolute atomic E-state index is 12.3. The molecule has 2 aliphatic rings. The Morgan fingerprint density at radius 2 is 1.70 bits per heavy atom. The number of carbonyl (C=O) groups is 1. The van der Waals surface area contributed by atoms with Crippen LogP contribution in [0.25, 0.3) is 0 Å². The van der Waals surface area contributed by atoms with Crippen LogP contribution in [-0.4, -0.2) is 53.8 Å². The molecule has 0 aromatic heterocycles. The molecule has 7 nitrogen and oxygen atoms in total. The van der Waals surface area contributed by atoms with Crippen LogP contribution in [-0.2, 0) is 13.1 Å². The van der Waals surface area contributed by atoms with Crippen LogP contribution in [0.2, 0.25) is 0 Å². The number of likely N-dealkylation sites (tertiary alicyclic amines) is 1. The van der Waals surface area contributed by atoms with Crippen molar-refractivity contribution in [2.24, 2.45) is 0 Å². The fourth-order valence-electron chi connectivity index (χ4n) is 4.35. The van der Waals surface area contributed by atoms with Gasteiger partial charge in [-0.25, -0.2) is 9.39 Å². The lowest BCUT2D eigenvalue weighted by Gasteiger charge is -2.46. The van der Waals surface area contributed by atoms with Crippen LogP contribution in [0.15, 0.2) is 48.5 Å². The predicted molar refractivity (Wildman–Crippen MR) is 113 cm³/mol. The van der Waals surface area contributed by atoms with Gasteiger partial charge in [-0.3, -0.25) is 5.32 Å². The molecular formula is C23H30N3O4+. The van der Waals surface area contributed by atoms with Gasteiger partial charge in [0.1, 0.15) is 32.8 Å². The predicted octanol–water partition coefficient (Wildman–Crippen LogP) is 3.60. The molecule has 2 aromatic carbocycles. The van der Waals surface area contributed by atoms with Crippen molar-refractivity contribution in [3.63, 3.8) is 0 Å². The fourth-order valence-corrected chi connectivity index (χ4v) is 4.35.